The minimum absolute atomic E-state index is 0.00254. The Morgan fingerprint density at radius 2 is 2.25 bits per heavy atom. The Morgan fingerprint density at radius 1 is 1.44 bits per heavy atom. The largest absolute Gasteiger partial charge is 0.507 e. The second-order valence-corrected chi connectivity index (χ2v) is 3.76. The molecule has 1 heterocycles. The molecule has 0 bridgehead atoms. The molecule has 0 saturated carbocycles. The van der Waals surface area contributed by atoms with Crippen LogP contribution in [0.5, 0.6) is 5.75 Å². The highest BCUT2D eigenvalue weighted by Gasteiger charge is 2.09. The number of hydrogen-bond donors (Lipinski definition) is 3. The first kappa shape index (κ1) is 11.0. The Morgan fingerprint density at radius 3 is 3.00 bits per heavy atom. The molecule has 3 nitrogen and oxygen atoms in total. The quantitative estimate of drug-likeness (QED) is 0.694. The van der Waals surface area contributed by atoms with Gasteiger partial charge in [-0.15, -0.1) is 0 Å². The normalized spacial score (nSPS) is 11.1. The molecule has 3 N–H and O–H groups in total. The summed E-state index contributed by atoms with van der Waals surface area (Å²) < 4.78 is 13.0. The van der Waals surface area contributed by atoms with Gasteiger partial charge in [0.05, 0.1) is 5.52 Å². The van der Waals surface area contributed by atoms with Gasteiger partial charge in [-0.05, 0) is 31.1 Å². The highest BCUT2D eigenvalue weighted by atomic mass is 19.1. The maximum Gasteiger partial charge on any atom is 0.129 e. The highest BCUT2D eigenvalue weighted by molar-refractivity contribution is 5.89. The van der Waals surface area contributed by atoms with Crippen LogP contribution in [0.15, 0.2) is 18.3 Å². The highest BCUT2D eigenvalue weighted by Crippen LogP contribution is 2.29. The molecule has 0 fully saturated rings. The fraction of sp³-hybridized carbons (Fsp3) is 0.333. The van der Waals surface area contributed by atoms with Crippen molar-refractivity contribution in [3.63, 3.8) is 0 Å². The first-order valence-electron chi connectivity index (χ1n) is 5.41. The fourth-order valence-corrected chi connectivity index (χ4v) is 1.88. The number of halogens is 1. The number of benzene rings is 1. The lowest BCUT2D eigenvalue weighted by atomic mass is 10.1. The monoisotopic (exact) mass is 222 g/mol. The molecule has 1 aromatic carbocycles. The van der Waals surface area contributed by atoms with Gasteiger partial charge in [-0.2, -0.15) is 0 Å². The van der Waals surface area contributed by atoms with Gasteiger partial charge in [-0.25, -0.2) is 4.39 Å². The van der Waals surface area contributed by atoms with Crippen LogP contribution in [0.3, 0.4) is 0 Å². The van der Waals surface area contributed by atoms with Crippen LogP contribution in [0.1, 0.15) is 12.5 Å². The Hall–Kier alpha value is -1.55. The van der Waals surface area contributed by atoms with E-state index in [1.54, 1.807) is 0 Å². The zero-order valence-electron chi connectivity index (χ0n) is 9.18. The summed E-state index contributed by atoms with van der Waals surface area (Å²) in [7, 11) is 0. The summed E-state index contributed by atoms with van der Waals surface area (Å²) >= 11 is 0. The van der Waals surface area contributed by atoms with Crippen molar-refractivity contribution in [2.24, 2.45) is 0 Å². The van der Waals surface area contributed by atoms with E-state index in [1.165, 1.54) is 6.07 Å². The average molecular weight is 222 g/mol. The van der Waals surface area contributed by atoms with Gasteiger partial charge in [-0.1, -0.05) is 6.92 Å². The predicted molar refractivity (Wildman–Crippen MR) is 62.2 cm³/mol. The molecule has 16 heavy (non-hydrogen) atoms. The molecule has 2 aromatic rings. The van der Waals surface area contributed by atoms with Crippen molar-refractivity contribution in [2.75, 3.05) is 13.1 Å². The van der Waals surface area contributed by atoms with E-state index in [0.717, 1.165) is 36.5 Å². The molecule has 0 unspecified atom stereocenters. The third-order valence-electron chi connectivity index (χ3n) is 2.63. The lowest BCUT2D eigenvalue weighted by Crippen LogP contribution is -2.15. The van der Waals surface area contributed by atoms with Crippen molar-refractivity contribution in [1.29, 1.82) is 0 Å². The second kappa shape index (κ2) is 4.53. The van der Waals surface area contributed by atoms with Gasteiger partial charge >= 0.3 is 0 Å². The number of aromatic hydroxyl groups is 1. The first-order chi connectivity index (χ1) is 7.72. The molecule has 0 aliphatic carbocycles. The summed E-state index contributed by atoms with van der Waals surface area (Å²) in [6, 6.07) is 2.54. The van der Waals surface area contributed by atoms with Crippen LogP contribution in [0.4, 0.5) is 4.39 Å². The van der Waals surface area contributed by atoms with Crippen LogP contribution in [-0.4, -0.2) is 23.2 Å². The molecule has 0 amide bonds. The summed E-state index contributed by atoms with van der Waals surface area (Å²) in [6.45, 7) is 3.81. The van der Waals surface area contributed by atoms with E-state index in [4.69, 9.17) is 0 Å². The number of phenols is 1. The molecular weight excluding hydrogens is 207 g/mol. The Balaban J connectivity index is 2.33. The number of rotatable bonds is 4. The number of nitrogens with one attached hydrogen (secondary N) is 2. The maximum absolute atomic E-state index is 13.0. The fourth-order valence-electron chi connectivity index (χ4n) is 1.88. The molecule has 0 aliphatic rings. The van der Waals surface area contributed by atoms with E-state index in [0.29, 0.717) is 5.52 Å². The lowest BCUT2D eigenvalue weighted by Gasteiger charge is -2.02. The van der Waals surface area contributed by atoms with Crippen LogP contribution < -0.4 is 5.32 Å². The van der Waals surface area contributed by atoms with Crippen LogP contribution in [0.2, 0.25) is 0 Å². The maximum atomic E-state index is 13.0. The predicted octanol–water partition coefficient (Wildman–Crippen LogP) is 2.16. The minimum atomic E-state index is -0.426. The zero-order chi connectivity index (χ0) is 11.5. The van der Waals surface area contributed by atoms with E-state index in [-0.39, 0.29) is 5.75 Å². The van der Waals surface area contributed by atoms with E-state index in [9.17, 15) is 9.50 Å². The Kier molecular flexibility index (Phi) is 3.10. The summed E-state index contributed by atoms with van der Waals surface area (Å²) in [4.78, 5) is 2.97. The van der Waals surface area contributed by atoms with Gasteiger partial charge < -0.3 is 15.4 Å². The number of aromatic nitrogens is 1. The Bertz CT molecular complexity index is 493. The molecule has 1 aromatic heterocycles. The molecule has 86 valence electrons. The molecule has 2 rings (SSSR count). The van der Waals surface area contributed by atoms with E-state index < -0.39 is 5.82 Å². The molecule has 0 spiro atoms. The number of likely N-dealkylation sites (N-methyl/N-ethyl adjacent to an activating group) is 1. The van der Waals surface area contributed by atoms with Crippen LogP contribution in [0, 0.1) is 5.82 Å². The average Bonchev–Trinajstić information content (AvgIpc) is 2.62. The minimum Gasteiger partial charge on any atom is -0.507 e. The van der Waals surface area contributed by atoms with Gasteiger partial charge in [0, 0.05) is 17.6 Å². The molecule has 0 radical (unpaired) electrons. The third kappa shape index (κ3) is 2.02. The van der Waals surface area contributed by atoms with Crippen molar-refractivity contribution in [1.82, 2.24) is 10.3 Å². The molecular formula is C12H15FN2O. The number of hydrogen-bond acceptors (Lipinski definition) is 2. The standard InChI is InChI=1S/C12H15FN2O/c1-2-14-4-3-8-7-15-10-5-9(13)6-11(16)12(8)10/h5-7,14-16H,2-4H2,1H3. The van der Waals surface area contributed by atoms with Gasteiger partial charge in [0.1, 0.15) is 11.6 Å². The number of fused-ring (bicyclic) bond motifs is 1. The van der Waals surface area contributed by atoms with Crippen molar-refractivity contribution >= 4 is 10.9 Å². The second-order valence-electron chi connectivity index (χ2n) is 3.76. The first-order valence-corrected chi connectivity index (χ1v) is 5.41. The third-order valence-corrected chi connectivity index (χ3v) is 2.63. The van der Waals surface area contributed by atoms with Crippen molar-refractivity contribution in [3.05, 3.63) is 29.7 Å². The summed E-state index contributed by atoms with van der Waals surface area (Å²) in [6.07, 6.45) is 2.63. The molecule has 4 heteroatoms. The SMILES string of the molecule is CCNCCc1c[nH]c2cc(F)cc(O)c12. The molecule has 0 aliphatic heterocycles. The van der Waals surface area contributed by atoms with E-state index >= 15 is 0 Å². The van der Waals surface area contributed by atoms with Crippen molar-refractivity contribution in [2.45, 2.75) is 13.3 Å². The van der Waals surface area contributed by atoms with E-state index in [1.807, 2.05) is 13.1 Å². The molecule has 0 saturated heterocycles. The lowest BCUT2D eigenvalue weighted by molar-refractivity contribution is 0.475. The van der Waals surface area contributed by atoms with Crippen LogP contribution in [-0.2, 0) is 6.42 Å². The number of aromatic amines is 1. The Labute approximate surface area is 93.3 Å². The van der Waals surface area contributed by atoms with Gasteiger partial charge in [-0.3, -0.25) is 0 Å². The number of H-pyrrole nitrogens is 1. The summed E-state index contributed by atoms with van der Waals surface area (Å²) in [5.41, 5.74) is 1.65. The zero-order valence-corrected chi connectivity index (χ0v) is 9.18. The van der Waals surface area contributed by atoms with Crippen molar-refractivity contribution in [3.8, 4) is 5.75 Å². The topological polar surface area (TPSA) is 48.0 Å². The smallest absolute Gasteiger partial charge is 0.129 e. The van der Waals surface area contributed by atoms with Gasteiger partial charge in [0.2, 0.25) is 0 Å². The van der Waals surface area contributed by atoms with Crippen LogP contribution >= 0.6 is 0 Å². The van der Waals surface area contributed by atoms with E-state index in [2.05, 4.69) is 10.3 Å². The van der Waals surface area contributed by atoms with Crippen LogP contribution in [0.25, 0.3) is 10.9 Å². The summed E-state index contributed by atoms with van der Waals surface area (Å²) in [5.74, 6) is -0.423. The van der Waals surface area contributed by atoms with Gasteiger partial charge in [0.15, 0.2) is 0 Å². The summed E-state index contributed by atoms with van der Waals surface area (Å²) in [5, 5.41) is 13.6. The van der Waals surface area contributed by atoms with Gasteiger partial charge in [0.25, 0.3) is 0 Å². The molecule has 0 atom stereocenters. The van der Waals surface area contributed by atoms with Crippen molar-refractivity contribution < 1.29 is 9.50 Å². The number of phenolic OH excluding ortho intramolecular Hbond substituents is 1.